The van der Waals surface area contributed by atoms with E-state index in [1.54, 1.807) is 24.5 Å². The van der Waals surface area contributed by atoms with Gasteiger partial charge in [-0.2, -0.15) is 0 Å². The van der Waals surface area contributed by atoms with Gasteiger partial charge in [-0.1, -0.05) is 35.7 Å². The minimum absolute atomic E-state index is 0.132. The van der Waals surface area contributed by atoms with Crippen LogP contribution in [0, 0.1) is 0 Å². The number of hydrogen-bond donors (Lipinski definition) is 2. The number of halogens is 2. The lowest BCUT2D eigenvalue weighted by Gasteiger charge is -2.33. The van der Waals surface area contributed by atoms with Crippen molar-refractivity contribution in [3.05, 3.63) is 52.4 Å². The first-order chi connectivity index (χ1) is 12.6. The molecular weight excluding hydrogens is 373 g/mol. The summed E-state index contributed by atoms with van der Waals surface area (Å²) >= 11 is 12.1. The van der Waals surface area contributed by atoms with Crippen LogP contribution in [0.4, 0.5) is 5.69 Å². The number of likely N-dealkylation sites (tertiary alicyclic amines) is 1. The van der Waals surface area contributed by atoms with Gasteiger partial charge >= 0.3 is 0 Å². The predicted octanol–water partition coefficient (Wildman–Crippen LogP) is 4.34. The van der Waals surface area contributed by atoms with Crippen molar-refractivity contribution >= 4 is 34.8 Å². The highest BCUT2D eigenvalue weighted by Gasteiger charge is 2.24. The van der Waals surface area contributed by atoms with Gasteiger partial charge in [0.2, 0.25) is 5.91 Å². The Kier molecular flexibility index (Phi) is 6.97. The zero-order chi connectivity index (χ0) is 18.4. The van der Waals surface area contributed by atoms with E-state index in [2.05, 4.69) is 15.5 Å². The summed E-state index contributed by atoms with van der Waals surface area (Å²) < 4.78 is 5.62. The number of furan rings is 1. The summed E-state index contributed by atoms with van der Waals surface area (Å²) in [6.45, 7) is 2.94. The van der Waals surface area contributed by atoms with Crippen LogP contribution in [0.3, 0.4) is 0 Å². The number of carbonyl (C=O) groups is 1. The summed E-state index contributed by atoms with van der Waals surface area (Å²) in [5.41, 5.74) is 0.518. The average Bonchev–Trinajstić information content (AvgIpc) is 3.18. The van der Waals surface area contributed by atoms with E-state index < -0.39 is 0 Å². The largest absolute Gasteiger partial charge is 0.468 e. The monoisotopic (exact) mass is 395 g/mol. The van der Waals surface area contributed by atoms with Gasteiger partial charge in [-0.05, 0) is 50.2 Å². The van der Waals surface area contributed by atoms with Crippen LogP contribution in [0.25, 0.3) is 0 Å². The average molecular weight is 396 g/mol. The van der Waals surface area contributed by atoms with E-state index in [1.165, 1.54) is 19.3 Å². The van der Waals surface area contributed by atoms with Crippen LogP contribution in [0.5, 0.6) is 0 Å². The molecule has 1 fully saturated rings. The maximum atomic E-state index is 12.2. The highest BCUT2D eigenvalue weighted by atomic mass is 35.5. The zero-order valence-corrected chi connectivity index (χ0v) is 16.0. The molecule has 1 aliphatic rings. The van der Waals surface area contributed by atoms with Gasteiger partial charge in [0.05, 0.1) is 34.6 Å². The standard InChI is InChI=1S/C19H23Cl2N3O2/c20-14-6-4-7-15(19(14)21)23-18(25)13-22-12-16(17-8-5-11-26-17)24-9-2-1-3-10-24/h4-8,11,16,22H,1-3,9-10,12-13H2,(H,23,25). The van der Waals surface area contributed by atoms with Crippen molar-refractivity contribution in [2.45, 2.75) is 25.3 Å². The Bertz CT molecular complexity index is 716. The summed E-state index contributed by atoms with van der Waals surface area (Å²) in [4.78, 5) is 14.6. The van der Waals surface area contributed by atoms with Crippen molar-refractivity contribution in [1.29, 1.82) is 0 Å². The zero-order valence-electron chi connectivity index (χ0n) is 14.5. The van der Waals surface area contributed by atoms with Crippen molar-refractivity contribution in [2.24, 2.45) is 0 Å². The quantitative estimate of drug-likeness (QED) is 0.731. The Morgan fingerprint density at radius 2 is 1.96 bits per heavy atom. The summed E-state index contributed by atoms with van der Waals surface area (Å²) in [6, 6.07) is 9.19. The number of hydrogen-bond acceptors (Lipinski definition) is 4. The van der Waals surface area contributed by atoms with Gasteiger partial charge in [-0.3, -0.25) is 9.69 Å². The van der Waals surface area contributed by atoms with Crippen molar-refractivity contribution in [3.63, 3.8) is 0 Å². The second-order valence-corrected chi connectivity index (χ2v) is 7.19. The van der Waals surface area contributed by atoms with E-state index in [0.717, 1.165) is 18.8 Å². The van der Waals surface area contributed by atoms with E-state index in [4.69, 9.17) is 27.6 Å². The number of nitrogens with one attached hydrogen (secondary N) is 2. The predicted molar refractivity (Wildman–Crippen MR) is 105 cm³/mol. The number of carbonyl (C=O) groups excluding carboxylic acids is 1. The topological polar surface area (TPSA) is 57.5 Å². The lowest BCUT2D eigenvalue weighted by atomic mass is 10.1. The first-order valence-electron chi connectivity index (χ1n) is 8.87. The molecule has 1 aromatic carbocycles. The summed E-state index contributed by atoms with van der Waals surface area (Å²) in [5.74, 6) is 0.767. The van der Waals surface area contributed by atoms with E-state index in [1.807, 2.05) is 12.1 Å². The van der Waals surface area contributed by atoms with Crippen LogP contribution in [0.15, 0.2) is 41.0 Å². The van der Waals surface area contributed by atoms with Gasteiger partial charge in [-0.25, -0.2) is 0 Å². The normalized spacial score (nSPS) is 16.4. The molecule has 5 nitrogen and oxygen atoms in total. The van der Waals surface area contributed by atoms with Crippen LogP contribution in [-0.2, 0) is 4.79 Å². The molecule has 1 aromatic heterocycles. The van der Waals surface area contributed by atoms with E-state index in [9.17, 15) is 4.79 Å². The minimum Gasteiger partial charge on any atom is -0.468 e. The Labute approximate surface area is 163 Å². The van der Waals surface area contributed by atoms with Crippen molar-refractivity contribution in [1.82, 2.24) is 10.2 Å². The maximum Gasteiger partial charge on any atom is 0.238 e. The SMILES string of the molecule is O=C(CNCC(c1ccco1)N1CCCCC1)Nc1cccc(Cl)c1Cl. The molecule has 1 atom stereocenters. The molecule has 0 aliphatic carbocycles. The highest BCUT2D eigenvalue weighted by molar-refractivity contribution is 6.43. The molecule has 0 spiro atoms. The lowest BCUT2D eigenvalue weighted by Crippen LogP contribution is -2.40. The first-order valence-corrected chi connectivity index (χ1v) is 9.63. The summed E-state index contributed by atoms with van der Waals surface area (Å²) in [7, 11) is 0. The number of piperidine rings is 1. The van der Waals surface area contributed by atoms with Crippen LogP contribution in [0.1, 0.15) is 31.1 Å². The molecule has 2 heterocycles. The Hall–Kier alpha value is -1.53. The van der Waals surface area contributed by atoms with Crippen molar-refractivity contribution in [3.8, 4) is 0 Å². The molecule has 1 saturated heterocycles. The molecule has 26 heavy (non-hydrogen) atoms. The number of nitrogens with zero attached hydrogens (tertiary/aromatic N) is 1. The third-order valence-corrected chi connectivity index (χ3v) is 5.37. The number of anilines is 1. The van der Waals surface area contributed by atoms with Gasteiger partial charge in [0, 0.05) is 6.54 Å². The van der Waals surface area contributed by atoms with Crippen LogP contribution in [-0.4, -0.2) is 37.0 Å². The third kappa shape index (κ3) is 5.01. The summed E-state index contributed by atoms with van der Waals surface area (Å²) in [5, 5.41) is 6.79. The third-order valence-electron chi connectivity index (χ3n) is 4.55. The molecule has 7 heteroatoms. The molecular formula is C19H23Cl2N3O2. The number of amides is 1. The fourth-order valence-corrected chi connectivity index (χ4v) is 3.59. The maximum absolute atomic E-state index is 12.2. The van der Waals surface area contributed by atoms with E-state index >= 15 is 0 Å². The van der Waals surface area contributed by atoms with Gasteiger partial charge in [0.25, 0.3) is 0 Å². The van der Waals surface area contributed by atoms with Crippen LogP contribution < -0.4 is 10.6 Å². The first kappa shape index (κ1) is 19.2. The van der Waals surface area contributed by atoms with E-state index in [-0.39, 0.29) is 18.5 Å². The second-order valence-electron chi connectivity index (χ2n) is 6.41. The fraction of sp³-hybridized carbons (Fsp3) is 0.421. The molecule has 3 rings (SSSR count). The second kappa shape index (κ2) is 9.42. The molecule has 140 valence electrons. The molecule has 1 unspecified atom stereocenters. The molecule has 0 saturated carbocycles. The Morgan fingerprint density at radius 1 is 1.15 bits per heavy atom. The van der Waals surface area contributed by atoms with Gasteiger partial charge in [0.1, 0.15) is 5.76 Å². The van der Waals surface area contributed by atoms with Gasteiger partial charge in [0.15, 0.2) is 0 Å². The Balaban J connectivity index is 1.54. The summed E-state index contributed by atoms with van der Waals surface area (Å²) in [6.07, 6.45) is 5.37. The van der Waals surface area contributed by atoms with E-state index in [0.29, 0.717) is 22.3 Å². The number of benzene rings is 1. The highest BCUT2D eigenvalue weighted by Crippen LogP contribution is 2.29. The molecule has 0 bridgehead atoms. The van der Waals surface area contributed by atoms with Gasteiger partial charge < -0.3 is 15.1 Å². The molecule has 2 aromatic rings. The van der Waals surface area contributed by atoms with Crippen LogP contribution >= 0.6 is 23.2 Å². The van der Waals surface area contributed by atoms with Crippen molar-refractivity contribution < 1.29 is 9.21 Å². The number of rotatable bonds is 7. The van der Waals surface area contributed by atoms with Gasteiger partial charge in [-0.15, -0.1) is 0 Å². The minimum atomic E-state index is -0.161. The fourth-order valence-electron chi connectivity index (χ4n) is 3.24. The van der Waals surface area contributed by atoms with Crippen LogP contribution in [0.2, 0.25) is 10.0 Å². The smallest absolute Gasteiger partial charge is 0.238 e. The molecule has 2 N–H and O–H groups in total. The molecule has 1 aliphatic heterocycles. The molecule has 1 amide bonds. The Morgan fingerprint density at radius 3 is 2.69 bits per heavy atom. The molecule has 0 radical (unpaired) electrons. The van der Waals surface area contributed by atoms with Crippen molar-refractivity contribution in [2.75, 3.05) is 31.5 Å². The lowest BCUT2D eigenvalue weighted by molar-refractivity contribution is -0.115.